The maximum atomic E-state index is 14.6. The number of unbranched alkanes of at least 4 members (excludes halogenated alkanes) is 2. The number of fused-ring (bicyclic) bond motifs is 2. The van der Waals surface area contributed by atoms with Gasteiger partial charge in [-0.05, 0) is 80.0 Å². The summed E-state index contributed by atoms with van der Waals surface area (Å²) in [6, 6.07) is 12.6. The van der Waals surface area contributed by atoms with Gasteiger partial charge in [-0.3, -0.25) is 9.97 Å². The van der Waals surface area contributed by atoms with E-state index in [1.54, 1.807) is 54.6 Å². The first kappa shape index (κ1) is 38.9. The first-order valence-corrected chi connectivity index (χ1v) is 20.0. The summed E-state index contributed by atoms with van der Waals surface area (Å²) in [6.45, 7) is 7.06. The van der Waals surface area contributed by atoms with E-state index in [-0.39, 0.29) is 54.6 Å². The highest BCUT2D eigenvalue weighted by atomic mass is 32.2. The van der Waals surface area contributed by atoms with Crippen molar-refractivity contribution in [3.05, 3.63) is 108 Å². The summed E-state index contributed by atoms with van der Waals surface area (Å²) in [5.41, 5.74) is 4.40. The highest BCUT2D eigenvalue weighted by Gasteiger charge is 2.64. The Morgan fingerprint density at radius 2 is 1.92 bits per heavy atom. The quantitative estimate of drug-likeness (QED) is 0.0679. The van der Waals surface area contributed by atoms with Gasteiger partial charge in [0.15, 0.2) is 0 Å². The minimum atomic E-state index is -1.06. The van der Waals surface area contributed by atoms with Crippen LogP contribution in [0.5, 0.6) is 11.5 Å². The smallest absolute Gasteiger partial charge is 0.230 e. The molecule has 2 N–H and O–H groups in total. The number of aryl methyl sites for hydroxylation is 1. The zero-order valence-electron chi connectivity index (χ0n) is 30.6. The normalized spacial score (nSPS) is 25.2. The van der Waals surface area contributed by atoms with Crippen LogP contribution in [0.3, 0.4) is 0 Å². The zero-order valence-corrected chi connectivity index (χ0v) is 31.4. The van der Waals surface area contributed by atoms with E-state index in [1.165, 1.54) is 6.07 Å². The Morgan fingerprint density at radius 1 is 1.09 bits per heavy atom. The maximum Gasteiger partial charge on any atom is 0.230 e. The zero-order chi connectivity index (χ0) is 37.0. The molecule has 3 aromatic rings. The summed E-state index contributed by atoms with van der Waals surface area (Å²) in [5, 5.41) is 24.2. The Labute approximate surface area is 316 Å². The average Bonchev–Trinajstić information content (AvgIpc) is 3.18. The van der Waals surface area contributed by atoms with Gasteiger partial charge >= 0.3 is 0 Å². The minimum Gasteiger partial charge on any atom is -0.489 e. The highest BCUT2D eigenvalue weighted by molar-refractivity contribution is 8.00. The molecule has 0 saturated heterocycles. The highest BCUT2D eigenvalue weighted by Crippen LogP contribution is 2.62. The third-order valence-corrected chi connectivity index (χ3v) is 11.9. The molecule has 0 amide bonds. The lowest BCUT2D eigenvalue weighted by molar-refractivity contribution is -0.223. The molecule has 53 heavy (non-hydrogen) atoms. The molecule has 9 nitrogen and oxygen atoms in total. The molecule has 0 radical (unpaired) electrons. The Balaban J connectivity index is 1.47. The second-order valence-corrected chi connectivity index (χ2v) is 15.2. The van der Waals surface area contributed by atoms with Gasteiger partial charge in [0.05, 0.1) is 29.2 Å². The van der Waals surface area contributed by atoms with Crippen molar-refractivity contribution in [1.29, 1.82) is 0 Å². The van der Waals surface area contributed by atoms with E-state index in [9.17, 15) is 14.6 Å². The molecule has 2 heterocycles. The molecule has 0 spiro atoms. The number of aliphatic hydroxyl groups excluding tert-OH is 2. The standard InChI is InChI=1S/C42H52FN3O6S/c1-3-22-50-42-39(53-23-17-31-27-44-18-19-45-31)26-37(46-51-4-2)34-24-29(11-7-9-20-47)33(13-8-10-21-48)40(41(34)42)35-25-32(15-16-38(35)52-42)49-28-30-12-5-6-14-36(30)43/h3,5-6,12,14-16,18-19,24-25,27,29,33,39-41,47-48H,1,4,7-11,13,17,20-23,26,28H2,2H3/t29-,33+,39-,40+,41+,42+/m0/s1. The maximum absolute atomic E-state index is 14.6. The van der Waals surface area contributed by atoms with Gasteiger partial charge in [-0.15, -0.1) is 6.58 Å². The molecule has 1 aromatic heterocycles. The van der Waals surface area contributed by atoms with Crippen molar-refractivity contribution in [3.8, 4) is 11.5 Å². The van der Waals surface area contributed by atoms with Crippen LogP contribution >= 0.6 is 11.8 Å². The Kier molecular flexibility index (Phi) is 14.0. The largest absolute Gasteiger partial charge is 0.489 e. The van der Waals surface area contributed by atoms with Crippen molar-refractivity contribution in [1.82, 2.24) is 9.97 Å². The van der Waals surface area contributed by atoms with Gasteiger partial charge in [-0.1, -0.05) is 48.3 Å². The number of oxime groups is 1. The number of halogens is 1. The Morgan fingerprint density at radius 3 is 2.68 bits per heavy atom. The van der Waals surface area contributed by atoms with E-state index in [0.717, 1.165) is 72.6 Å². The molecule has 0 bridgehead atoms. The molecule has 3 aliphatic rings. The van der Waals surface area contributed by atoms with Crippen LogP contribution in [0.1, 0.15) is 74.6 Å². The topological polar surface area (TPSA) is 116 Å². The van der Waals surface area contributed by atoms with Crippen LogP contribution in [0.15, 0.2) is 90.5 Å². The van der Waals surface area contributed by atoms with Gasteiger partial charge in [0.1, 0.15) is 30.5 Å². The fourth-order valence-corrected chi connectivity index (χ4v) is 9.63. The molecule has 1 aliphatic heterocycles. The molecule has 284 valence electrons. The summed E-state index contributed by atoms with van der Waals surface area (Å²) >= 11 is 1.79. The molecular weight excluding hydrogens is 694 g/mol. The number of aliphatic hydroxyl groups is 2. The second-order valence-electron chi connectivity index (χ2n) is 13.9. The SMILES string of the molecule is C=CCO[C@@]12Oc3ccc(OCc4ccccc4F)cc3[C@H]3[C@H](CCCCO)[C@@H](CCCCO)C=C(C(=NOCC)C[C@@H]1SCCc1cnccn1)[C@H]32. The van der Waals surface area contributed by atoms with Gasteiger partial charge in [-0.2, -0.15) is 11.8 Å². The summed E-state index contributed by atoms with van der Waals surface area (Å²) in [5.74, 6) is 0.811. The van der Waals surface area contributed by atoms with Crippen LogP contribution < -0.4 is 9.47 Å². The molecule has 2 aromatic carbocycles. The third-order valence-electron chi connectivity index (χ3n) is 10.6. The van der Waals surface area contributed by atoms with E-state index in [4.69, 9.17) is 24.2 Å². The average molecular weight is 746 g/mol. The lowest BCUT2D eigenvalue weighted by atomic mass is 9.56. The fourth-order valence-electron chi connectivity index (χ4n) is 8.25. The van der Waals surface area contributed by atoms with Gasteiger partial charge in [-0.25, -0.2) is 4.39 Å². The summed E-state index contributed by atoms with van der Waals surface area (Å²) in [6.07, 6.45) is 15.6. The molecular formula is C42H52FN3O6S. The van der Waals surface area contributed by atoms with Crippen molar-refractivity contribution in [2.45, 2.75) is 81.9 Å². The first-order valence-electron chi connectivity index (χ1n) is 19.0. The van der Waals surface area contributed by atoms with Crippen molar-refractivity contribution < 1.29 is 33.7 Å². The molecule has 0 unspecified atom stereocenters. The van der Waals surface area contributed by atoms with Crippen LogP contribution in [0.4, 0.5) is 4.39 Å². The number of ether oxygens (including phenoxy) is 3. The molecule has 6 atom stereocenters. The van der Waals surface area contributed by atoms with Gasteiger partial charge in [0.2, 0.25) is 5.79 Å². The molecule has 1 saturated carbocycles. The number of aromatic nitrogens is 2. The minimum absolute atomic E-state index is 0.0615. The third kappa shape index (κ3) is 8.96. The van der Waals surface area contributed by atoms with Crippen LogP contribution in [0.25, 0.3) is 0 Å². The molecule has 11 heteroatoms. The van der Waals surface area contributed by atoms with E-state index < -0.39 is 5.79 Å². The number of hydrogen-bond donors (Lipinski definition) is 2. The molecule has 1 fully saturated rings. The lowest BCUT2D eigenvalue weighted by Gasteiger charge is -2.58. The number of nitrogens with zero attached hydrogens (tertiary/aromatic N) is 3. The second kappa shape index (κ2) is 19.0. The number of hydrogen-bond acceptors (Lipinski definition) is 10. The number of thioether (sulfide) groups is 1. The summed E-state index contributed by atoms with van der Waals surface area (Å²) < 4.78 is 35.0. The van der Waals surface area contributed by atoms with Crippen molar-refractivity contribution >= 4 is 17.5 Å². The fraction of sp³-hybridized carbons (Fsp3) is 0.500. The van der Waals surface area contributed by atoms with Crippen LogP contribution in [-0.4, -0.2) is 69.1 Å². The number of benzene rings is 2. The number of allylic oxidation sites excluding steroid dienone is 1. The van der Waals surface area contributed by atoms with E-state index in [2.05, 4.69) is 28.7 Å². The van der Waals surface area contributed by atoms with Crippen LogP contribution in [-0.2, 0) is 22.6 Å². The van der Waals surface area contributed by atoms with Crippen LogP contribution in [0, 0.1) is 23.6 Å². The summed E-state index contributed by atoms with van der Waals surface area (Å²) in [7, 11) is 0. The van der Waals surface area contributed by atoms with Crippen molar-refractivity contribution in [2.75, 3.05) is 32.2 Å². The number of rotatable bonds is 20. The van der Waals surface area contributed by atoms with E-state index in [0.29, 0.717) is 37.4 Å². The lowest BCUT2D eigenvalue weighted by Crippen LogP contribution is -2.64. The predicted molar refractivity (Wildman–Crippen MR) is 206 cm³/mol. The first-order chi connectivity index (χ1) is 26.0. The Hall–Kier alpha value is -3.77. The van der Waals surface area contributed by atoms with Gasteiger partial charge in [0, 0.05) is 61.7 Å². The van der Waals surface area contributed by atoms with E-state index >= 15 is 0 Å². The predicted octanol–water partition coefficient (Wildman–Crippen LogP) is 7.82. The molecule has 6 rings (SSSR count). The van der Waals surface area contributed by atoms with Crippen LogP contribution in [0.2, 0.25) is 0 Å². The van der Waals surface area contributed by atoms with E-state index in [1.807, 2.05) is 19.1 Å². The monoisotopic (exact) mass is 745 g/mol. The van der Waals surface area contributed by atoms with Crippen molar-refractivity contribution in [2.24, 2.45) is 22.9 Å². The van der Waals surface area contributed by atoms with Gasteiger partial charge in [0.25, 0.3) is 0 Å². The van der Waals surface area contributed by atoms with Crippen molar-refractivity contribution in [3.63, 3.8) is 0 Å². The molecule has 2 aliphatic carbocycles. The summed E-state index contributed by atoms with van der Waals surface area (Å²) in [4.78, 5) is 14.6. The van der Waals surface area contributed by atoms with Gasteiger partial charge < -0.3 is 29.3 Å². The Bertz CT molecular complexity index is 1710.